The van der Waals surface area contributed by atoms with Gasteiger partial charge in [-0.1, -0.05) is 32.1 Å². The molecular weight excluding hydrogens is 216 g/mol. The van der Waals surface area contributed by atoms with Crippen LogP contribution in [0.4, 0.5) is 0 Å². The molecule has 16 heavy (non-hydrogen) atoms. The molecule has 1 aliphatic heterocycles. The highest BCUT2D eigenvalue weighted by molar-refractivity contribution is 7.71. The lowest BCUT2D eigenvalue weighted by molar-refractivity contribution is 0.228. The van der Waals surface area contributed by atoms with E-state index in [0.29, 0.717) is 6.04 Å². The number of hydrogen-bond donors (Lipinski definition) is 1. The van der Waals surface area contributed by atoms with Crippen molar-refractivity contribution < 1.29 is 0 Å². The predicted octanol–water partition coefficient (Wildman–Crippen LogP) is 3.54. The number of rotatable bonds is 3. The number of aromatic nitrogens is 1. The zero-order valence-electron chi connectivity index (χ0n) is 10.1. The van der Waals surface area contributed by atoms with Gasteiger partial charge in [-0.3, -0.25) is 4.90 Å². The lowest BCUT2D eigenvalue weighted by atomic mass is 10.1. The van der Waals surface area contributed by atoms with E-state index in [0.717, 1.165) is 10.6 Å². The normalized spacial score (nSPS) is 21.8. The molecule has 3 heteroatoms. The van der Waals surface area contributed by atoms with Crippen LogP contribution in [0.2, 0.25) is 0 Å². The first-order chi connectivity index (χ1) is 7.66. The highest BCUT2D eigenvalue weighted by Gasteiger charge is 2.25. The Labute approximate surface area is 103 Å². The first kappa shape index (κ1) is 11.8. The van der Waals surface area contributed by atoms with Gasteiger partial charge < -0.3 is 4.98 Å². The van der Waals surface area contributed by atoms with Crippen LogP contribution < -0.4 is 0 Å². The van der Waals surface area contributed by atoms with Gasteiger partial charge in [0.05, 0.1) is 0 Å². The maximum atomic E-state index is 5.08. The molecular formula is C13H20N2S. The van der Waals surface area contributed by atoms with Gasteiger partial charge in [-0.15, -0.1) is 0 Å². The summed E-state index contributed by atoms with van der Waals surface area (Å²) in [5.74, 6) is 0.739. The third-order valence-electron chi connectivity index (χ3n) is 3.16. The smallest absolute Gasteiger partial charge is 0.103 e. The number of H-pyrrole nitrogens is 1. The summed E-state index contributed by atoms with van der Waals surface area (Å²) in [6, 6.07) is 4.76. The Morgan fingerprint density at radius 1 is 1.50 bits per heavy atom. The topological polar surface area (TPSA) is 19.0 Å². The Bertz CT molecular complexity index is 377. The van der Waals surface area contributed by atoms with Crippen molar-refractivity contribution in [3.8, 4) is 0 Å². The fourth-order valence-electron chi connectivity index (χ4n) is 2.52. The van der Waals surface area contributed by atoms with Crippen LogP contribution in [0.1, 0.15) is 38.3 Å². The van der Waals surface area contributed by atoms with Gasteiger partial charge in [0.2, 0.25) is 0 Å². The lowest BCUT2D eigenvalue weighted by Gasteiger charge is -2.26. The lowest BCUT2D eigenvalue weighted by Crippen LogP contribution is -2.27. The van der Waals surface area contributed by atoms with Gasteiger partial charge >= 0.3 is 0 Å². The summed E-state index contributed by atoms with van der Waals surface area (Å²) < 4.78 is 0.817. The third-order valence-corrected chi connectivity index (χ3v) is 3.41. The summed E-state index contributed by atoms with van der Waals surface area (Å²) in [5.41, 5.74) is 1.38. The summed E-state index contributed by atoms with van der Waals surface area (Å²) in [4.78, 5) is 5.73. The molecule has 1 atom stereocenters. The molecule has 0 amide bonds. The van der Waals surface area contributed by atoms with Crippen molar-refractivity contribution in [3.63, 3.8) is 0 Å². The summed E-state index contributed by atoms with van der Waals surface area (Å²) in [6.45, 7) is 7.00. The van der Waals surface area contributed by atoms with E-state index in [1.165, 1.54) is 31.5 Å². The van der Waals surface area contributed by atoms with Gasteiger partial charge in [0.25, 0.3) is 0 Å². The van der Waals surface area contributed by atoms with Crippen molar-refractivity contribution in [2.24, 2.45) is 5.92 Å². The quantitative estimate of drug-likeness (QED) is 0.810. The van der Waals surface area contributed by atoms with Gasteiger partial charge in [-0.2, -0.15) is 0 Å². The summed E-state index contributed by atoms with van der Waals surface area (Å²) >= 11 is 5.08. The minimum Gasteiger partial charge on any atom is -0.353 e. The minimum absolute atomic E-state index is 0.592. The van der Waals surface area contributed by atoms with E-state index in [9.17, 15) is 0 Å². The number of pyridine rings is 1. The fraction of sp³-hybridized carbons (Fsp3) is 0.615. The average Bonchev–Trinajstić information content (AvgIpc) is 2.66. The molecule has 2 heterocycles. The highest BCUT2D eigenvalue weighted by Crippen LogP contribution is 2.31. The molecule has 0 spiro atoms. The van der Waals surface area contributed by atoms with Crippen molar-refractivity contribution in [2.75, 3.05) is 13.1 Å². The minimum atomic E-state index is 0.592. The Hall–Kier alpha value is -0.670. The van der Waals surface area contributed by atoms with Crippen molar-refractivity contribution in [1.82, 2.24) is 9.88 Å². The van der Waals surface area contributed by atoms with Crippen LogP contribution in [-0.2, 0) is 0 Å². The zero-order chi connectivity index (χ0) is 11.5. The van der Waals surface area contributed by atoms with Crippen LogP contribution in [0.3, 0.4) is 0 Å². The van der Waals surface area contributed by atoms with Gasteiger partial charge in [0.1, 0.15) is 4.64 Å². The molecule has 1 aromatic rings. The Morgan fingerprint density at radius 2 is 2.31 bits per heavy atom. The Balaban J connectivity index is 2.13. The Morgan fingerprint density at radius 3 is 2.94 bits per heavy atom. The van der Waals surface area contributed by atoms with Crippen LogP contribution in [-0.4, -0.2) is 23.0 Å². The van der Waals surface area contributed by atoms with Gasteiger partial charge in [-0.25, -0.2) is 0 Å². The first-order valence-corrected chi connectivity index (χ1v) is 6.50. The number of aromatic amines is 1. The molecule has 1 saturated heterocycles. The molecule has 1 aromatic heterocycles. The van der Waals surface area contributed by atoms with Crippen LogP contribution in [0.15, 0.2) is 18.3 Å². The zero-order valence-corrected chi connectivity index (χ0v) is 10.9. The van der Waals surface area contributed by atoms with E-state index in [1.54, 1.807) is 0 Å². The molecule has 0 aromatic carbocycles. The molecule has 1 N–H and O–H groups in total. The molecule has 0 aliphatic carbocycles. The van der Waals surface area contributed by atoms with Crippen LogP contribution >= 0.6 is 12.2 Å². The summed E-state index contributed by atoms with van der Waals surface area (Å²) in [7, 11) is 0. The van der Waals surface area contributed by atoms with E-state index in [4.69, 9.17) is 12.2 Å². The van der Waals surface area contributed by atoms with Gasteiger partial charge in [-0.05, 0) is 36.9 Å². The third kappa shape index (κ3) is 2.71. The second-order valence-corrected chi connectivity index (χ2v) is 5.47. The standard InChI is InChI=1S/C13H20N2S/c1-10(2)9-15-7-3-4-12(15)11-5-6-13(16)14-8-11/h5-6,8,10,12H,3-4,7,9H2,1-2H3,(H,14,16). The molecule has 1 fully saturated rings. The van der Waals surface area contributed by atoms with Gasteiger partial charge in [0, 0.05) is 18.8 Å². The number of hydrogen-bond acceptors (Lipinski definition) is 2. The van der Waals surface area contributed by atoms with E-state index in [2.05, 4.69) is 36.0 Å². The Kier molecular flexibility index (Phi) is 3.77. The second kappa shape index (κ2) is 5.11. The molecule has 1 unspecified atom stereocenters. The summed E-state index contributed by atoms with van der Waals surface area (Å²) in [6.07, 6.45) is 4.66. The van der Waals surface area contributed by atoms with E-state index in [1.807, 2.05) is 6.07 Å². The number of nitrogens with zero attached hydrogens (tertiary/aromatic N) is 1. The number of nitrogens with one attached hydrogen (secondary N) is 1. The van der Waals surface area contributed by atoms with Crippen LogP contribution in [0.5, 0.6) is 0 Å². The highest BCUT2D eigenvalue weighted by atomic mass is 32.1. The first-order valence-electron chi connectivity index (χ1n) is 6.09. The van der Waals surface area contributed by atoms with E-state index >= 15 is 0 Å². The van der Waals surface area contributed by atoms with E-state index in [-0.39, 0.29) is 0 Å². The molecule has 0 saturated carbocycles. The van der Waals surface area contributed by atoms with E-state index < -0.39 is 0 Å². The van der Waals surface area contributed by atoms with Crippen molar-refractivity contribution in [1.29, 1.82) is 0 Å². The van der Waals surface area contributed by atoms with Crippen molar-refractivity contribution in [2.45, 2.75) is 32.7 Å². The SMILES string of the molecule is CC(C)CN1CCCC1c1ccc(=S)[nH]c1. The predicted molar refractivity (Wildman–Crippen MR) is 70.0 cm³/mol. The van der Waals surface area contributed by atoms with Gasteiger partial charge in [0.15, 0.2) is 0 Å². The maximum Gasteiger partial charge on any atom is 0.103 e. The molecule has 1 aliphatic rings. The molecule has 0 radical (unpaired) electrons. The molecule has 2 rings (SSSR count). The van der Waals surface area contributed by atoms with Crippen molar-refractivity contribution >= 4 is 12.2 Å². The number of likely N-dealkylation sites (tertiary alicyclic amines) is 1. The average molecular weight is 236 g/mol. The second-order valence-electron chi connectivity index (χ2n) is 5.03. The van der Waals surface area contributed by atoms with Crippen LogP contribution in [0, 0.1) is 10.6 Å². The molecule has 2 nitrogen and oxygen atoms in total. The molecule has 88 valence electrons. The van der Waals surface area contributed by atoms with Crippen molar-refractivity contribution in [3.05, 3.63) is 28.5 Å². The maximum absolute atomic E-state index is 5.08. The largest absolute Gasteiger partial charge is 0.353 e. The van der Waals surface area contributed by atoms with Crippen LogP contribution in [0.25, 0.3) is 0 Å². The summed E-state index contributed by atoms with van der Waals surface area (Å²) in [5, 5.41) is 0. The fourth-order valence-corrected chi connectivity index (χ4v) is 2.65. The monoisotopic (exact) mass is 236 g/mol. The molecule has 0 bridgehead atoms.